The number of rotatable bonds is 3. The van der Waals surface area contributed by atoms with E-state index in [4.69, 9.17) is 5.73 Å². The minimum Gasteiger partial charge on any atom is -0.382 e. The Morgan fingerprint density at radius 3 is 2.53 bits per heavy atom. The van der Waals surface area contributed by atoms with Crippen LogP contribution in [0.25, 0.3) is 0 Å². The van der Waals surface area contributed by atoms with Crippen molar-refractivity contribution in [1.82, 2.24) is 4.98 Å². The maximum Gasteiger partial charge on any atom is 0.147 e. The summed E-state index contributed by atoms with van der Waals surface area (Å²) < 4.78 is 12.9. The third-order valence-electron chi connectivity index (χ3n) is 2.56. The van der Waals surface area contributed by atoms with Crippen LogP contribution in [0.1, 0.15) is 6.92 Å². The fourth-order valence-electron chi connectivity index (χ4n) is 1.75. The van der Waals surface area contributed by atoms with Crippen molar-refractivity contribution in [2.24, 2.45) is 0 Å². The minimum absolute atomic E-state index is 0.246. The second-order valence-electron chi connectivity index (χ2n) is 3.63. The van der Waals surface area contributed by atoms with E-state index in [1.807, 2.05) is 24.0 Å². The second-order valence-corrected chi connectivity index (χ2v) is 3.63. The lowest BCUT2D eigenvalue weighted by atomic mass is 10.2. The van der Waals surface area contributed by atoms with Gasteiger partial charge in [-0.15, -0.1) is 0 Å². The molecule has 0 saturated carbocycles. The van der Waals surface area contributed by atoms with Crippen LogP contribution in [0.3, 0.4) is 0 Å². The van der Waals surface area contributed by atoms with Crippen molar-refractivity contribution >= 4 is 17.2 Å². The third kappa shape index (κ3) is 2.36. The predicted molar refractivity (Wildman–Crippen MR) is 67.7 cm³/mol. The molecule has 0 atom stereocenters. The van der Waals surface area contributed by atoms with E-state index in [0.717, 1.165) is 17.9 Å². The number of nitrogens with two attached hydrogens (primary N) is 1. The highest BCUT2D eigenvalue weighted by Gasteiger charge is 2.10. The SMILES string of the molecule is CCN(c1ccc(F)cc1)c1cccnc1N. The molecule has 0 amide bonds. The molecular formula is C13H14FN3. The molecule has 0 aliphatic carbocycles. The lowest BCUT2D eigenvalue weighted by molar-refractivity contribution is 0.628. The van der Waals surface area contributed by atoms with Gasteiger partial charge in [-0.25, -0.2) is 9.37 Å². The van der Waals surface area contributed by atoms with Crippen molar-refractivity contribution < 1.29 is 4.39 Å². The zero-order valence-electron chi connectivity index (χ0n) is 9.60. The van der Waals surface area contributed by atoms with Gasteiger partial charge in [-0.1, -0.05) is 0 Å². The Kier molecular flexibility index (Phi) is 3.23. The Morgan fingerprint density at radius 1 is 1.24 bits per heavy atom. The van der Waals surface area contributed by atoms with Crippen LogP contribution in [0.5, 0.6) is 0 Å². The molecular weight excluding hydrogens is 217 g/mol. The molecule has 0 saturated heterocycles. The van der Waals surface area contributed by atoms with Gasteiger partial charge < -0.3 is 10.6 Å². The first-order chi connectivity index (χ1) is 8.22. The largest absolute Gasteiger partial charge is 0.382 e. The summed E-state index contributed by atoms with van der Waals surface area (Å²) in [6.45, 7) is 2.75. The summed E-state index contributed by atoms with van der Waals surface area (Å²) in [4.78, 5) is 6.04. The molecule has 0 fully saturated rings. The van der Waals surface area contributed by atoms with Crippen molar-refractivity contribution in [3.63, 3.8) is 0 Å². The molecule has 1 aromatic carbocycles. The van der Waals surface area contributed by atoms with Crippen LogP contribution < -0.4 is 10.6 Å². The van der Waals surface area contributed by atoms with Crippen LogP contribution in [0.15, 0.2) is 42.6 Å². The van der Waals surface area contributed by atoms with Gasteiger partial charge >= 0.3 is 0 Å². The Labute approximate surface area is 99.7 Å². The average molecular weight is 231 g/mol. The van der Waals surface area contributed by atoms with E-state index >= 15 is 0 Å². The number of anilines is 3. The highest BCUT2D eigenvalue weighted by atomic mass is 19.1. The summed E-state index contributed by atoms with van der Waals surface area (Å²) >= 11 is 0. The monoisotopic (exact) mass is 231 g/mol. The first kappa shape index (κ1) is 11.4. The Morgan fingerprint density at radius 2 is 1.94 bits per heavy atom. The Hall–Kier alpha value is -2.10. The number of halogens is 1. The summed E-state index contributed by atoms with van der Waals surface area (Å²) in [6.07, 6.45) is 1.65. The van der Waals surface area contributed by atoms with Crippen molar-refractivity contribution in [1.29, 1.82) is 0 Å². The molecule has 0 aliphatic heterocycles. The van der Waals surface area contributed by atoms with E-state index in [1.165, 1.54) is 12.1 Å². The molecule has 2 aromatic rings. The quantitative estimate of drug-likeness (QED) is 0.883. The highest BCUT2D eigenvalue weighted by Crippen LogP contribution is 2.28. The number of nitrogens with zero attached hydrogens (tertiary/aromatic N) is 2. The van der Waals surface area contributed by atoms with E-state index < -0.39 is 0 Å². The molecule has 1 aromatic heterocycles. The van der Waals surface area contributed by atoms with Crippen LogP contribution in [0.2, 0.25) is 0 Å². The summed E-state index contributed by atoms with van der Waals surface area (Å²) in [6, 6.07) is 10.1. The molecule has 88 valence electrons. The van der Waals surface area contributed by atoms with Gasteiger partial charge in [0.2, 0.25) is 0 Å². The smallest absolute Gasteiger partial charge is 0.147 e. The zero-order chi connectivity index (χ0) is 12.3. The number of hydrogen-bond acceptors (Lipinski definition) is 3. The van der Waals surface area contributed by atoms with Crippen LogP contribution in [-0.4, -0.2) is 11.5 Å². The number of pyridine rings is 1. The van der Waals surface area contributed by atoms with Crippen molar-refractivity contribution in [2.45, 2.75) is 6.92 Å². The molecule has 0 bridgehead atoms. The van der Waals surface area contributed by atoms with Gasteiger partial charge in [-0.05, 0) is 43.3 Å². The number of benzene rings is 1. The number of aromatic nitrogens is 1. The van der Waals surface area contributed by atoms with Gasteiger partial charge in [0.15, 0.2) is 0 Å². The molecule has 0 spiro atoms. The maximum atomic E-state index is 12.9. The lowest BCUT2D eigenvalue weighted by Gasteiger charge is -2.23. The zero-order valence-corrected chi connectivity index (χ0v) is 9.60. The molecule has 2 N–H and O–H groups in total. The molecule has 2 rings (SSSR count). The standard InChI is InChI=1S/C13H14FN3/c1-2-17(11-7-5-10(14)6-8-11)12-4-3-9-16-13(12)15/h3-9H,2H2,1H3,(H2,15,16). The molecule has 17 heavy (non-hydrogen) atoms. The highest BCUT2D eigenvalue weighted by molar-refractivity contribution is 5.71. The second kappa shape index (κ2) is 4.82. The van der Waals surface area contributed by atoms with Crippen molar-refractivity contribution in [2.75, 3.05) is 17.2 Å². The van der Waals surface area contributed by atoms with Gasteiger partial charge in [-0.2, -0.15) is 0 Å². The van der Waals surface area contributed by atoms with Crippen molar-refractivity contribution in [3.8, 4) is 0 Å². The average Bonchev–Trinajstić information content (AvgIpc) is 2.35. The van der Waals surface area contributed by atoms with E-state index in [2.05, 4.69) is 4.98 Å². The normalized spacial score (nSPS) is 10.2. The molecule has 1 heterocycles. The molecule has 0 radical (unpaired) electrons. The van der Waals surface area contributed by atoms with Gasteiger partial charge in [-0.3, -0.25) is 0 Å². The predicted octanol–water partition coefficient (Wildman–Crippen LogP) is 2.96. The van der Waals surface area contributed by atoms with E-state index in [0.29, 0.717) is 5.82 Å². The van der Waals surface area contributed by atoms with Gasteiger partial charge in [0.05, 0.1) is 5.69 Å². The summed E-state index contributed by atoms with van der Waals surface area (Å²) in [5, 5.41) is 0. The van der Waals surface area contributed by atoms with Gasteiger partial charge in [0.25, 0.3) is 0 Å². The fraction of sp³-hybridized carbons (Fsp3) is 0.154. The number of hydrogen-bond donors (Lipinski definition) is 1. The number of nitrogen functional groups attached to an aromatic ring is 1. The molecule has 0 aliphatic rings. The van der Waals surface area contributed by atoms with Crippen LogP contribution >= 0.6 is 0 Å². The Balaban J connectivity index is 2.40. The molecule has 0 unspecified atom stereocenters. The van der Waals surface area contributed by atoms with E-state index in [-0.39, 0.29) is 5.82 Å². The summed E-state index contributed by atoms with van der Waals surface area (Å²) in [7, 11) is 0. The molecule has 4 heteroatoms. The first-order valence-electron chi connectivity index (χ1n) is 5.46. The summed E-state index contributed by atoms with van der Waals surface area (Å²) in [5.41, 5.74) is 7.57. The fourth-order valence-corrected chi connectivity index (χ4v) is 1.75. The molecule has 3 nitrogen and oxygen atoms in total. The van der Waals surface area contributed by atoms with E-state index in [1.54, 1.807) is 18.3 Å². The van der Waals surface area contributed by atoms with Gasteiger partial charge in [0.1, 0.15) is 11.6 Å². The Bertz CT molecular complexity index is 496. The van der Waals surface area contributed by atoms with Crippen molar-refractivity contribution in [3.05, 3.63) is 48.4 Å². The maximum absolute atomic E-state index is 12.9. The van der Waals surface area contributed by atoms with Crippen LogP contribution in [0, 0.1) is 5.82 Å². The topological polar surface area (TPSA) is 42.2 Å². The van der Waals surface area contributed by atoms with Gasteiger partial charge in [0, 0.05) is 18.4 Å². The first-order valence-corrected chi connectivity index (χ1v) is 5.46. The van der Waals surface area contributed by atoms with Crippen LogP contribution in [-0.2, 0) is 0 Å². The minimum atomic E-state index is -0.246. The lowest BCUT2D eigenvalue weighted by Crippen LogP contribution is -2.17. The van der Waals surface area contributed by atoms with E-state index in [9.17, 15) is 4.39 Å². The third-order valence-corrected chi connectivity index (χ3v) is 2.56. The summed E-state index contributed by atoms with van der Waals surface area (Å²) in [5.74, 6) is 0.225. The van der Waals surface area contributed by atoms with Crippen LogP contribution in [0.4, 0.5) is 21.6 Å².